The Morgan fingerprint density at radius 2 is 2.00 bits per heavy atom. The van der Waals surface area contributed by atoms with Crippen molar-refractivity contribution < 1.29 is 0 Å². The molecule has 1 fully saturated rings. The van der Waals surface area contributed by atoms with E-state index in [2.05, 4.69) is 25.7 Å². The van der Waals surface area contributed by atoms with Crippen LogP contribution in [-0.4, -0.2) is 23.0 Å². The fourth-order valence-corrected chi connectivity index (χ4v) is 3.55. The number of nitrogens with two attached hydrogens (primary N) is 1. The van der Waals surface area contributed by atoms with E-state index in [0.29, 0.717) is 0 Å². The monoisotopic (exact) mass is 253 g/mol. The summed E-state index contributed by atoms with van der Waals surface area (Å²) in [6.07, 6.45) is 3.65. The first-order valence-electron chi connectivity index (χ1n) is 6.51. The fourth-order valence-electron chi connectivity index (χ4n) is 2.34. The van der Waals surface area contributed by atoms with Crippen LogP contribution in [-0.2, 0) is 18.5 Å². The lowest BCUT2D eigenvalue weighted by molar-refractivity contribution is 0.330. The highest BCUT2D eigenvalue weighted by molar-refractivity contribution is 7.11. The lowest BCUT2D eigenvalue weighted by atomic mass is 10.0. The normalized spacial score (nSPS) is 17.9. The molecule has 2 N–H and O–H groups in total. The van der Waals surface area contributed by atoms with Crippen molar-refractivity contribution >= 4 is 11.3 Å². The van der Waals surface area contributed by atoms with Gasteiger partial charge >= 0.3 is 0 Å². The molecule has 1 aliphatic rings. The largest absolute Gasteiger partial charge is 0.321 e. The third-order valence-electron chi connectivity index (χ3n) is 3.22. The summed E-state index contributed by atoms with van der Waals surface area (Å²) in [6.45, 7) is 9.75. The van der Waals surface area contributed by atoms with Crippen molar-refractivity contribution in [2.75, 3.05) is 13.1 Å². The van der Waals surface area contributed by atoms with Gasteiger partial charge in [-0.05, 0) is 46.2 Å². The molecule has 0 unspecified atom stereocenters. The van der Waals surface area contributed by atoms with Gasteiger partial charge in [-0.2, -0.15) is 0 Å². The molecule has 0 atom stereocenters. The number of thiazole rings is 1. The van der Waals surface area contributed by atoms with Crippen molar-refractivity contribution in [3.63, 3.8) is 0 Å². The molecule has 3 nitrogen and oxygen atoms in total. The van der Waals surface area contributed by atoms with E-state index in [-0.39, 0.29) is 5.54 Å². The minimum atomic E-state index is -0.258. The Morgan fingerprint density at radius 3 is 2.47 bits per heavy atom. The van der Waals surface area contributed by atoms with Gasteiger partial charge in [0.05, 0.1) is 12.2 Å². The Morgan fingerprint density at radius 1 is 1.35 bits per heavy atom. The summed E-state index contributed by atoms with van der Waals surface area (Å²) in [6, 6.07) is 0. The fraction of sp³-hybridized carbons (Fsp3) is 0.769. The molecule has 96 valence electrons. The smallest absolute Gasteiger partial charge is 0.107 e. The Balaban J connectivity index is 2.15. The molecule has 1 aromatic rings. The summed E-state index contributed by atoms with van der Waals surface area (Å²) >= 11 is 1.80. The standard InChI is InChI=1S/C13H23N3S/c1-4-10-12(13(2,3)14)17-11(15-10)9-16-7-5-6-8-16/h4-9,14H2,1-3H3. The molecule has 0 aromatic carbocycles. The quantitative estimate of drug-likeness (QED) is 0.896. The van der Waals surface area contributed by atoms with Crippen molar-refractivity contribution in [3.05, 3.63) is 15.6 Å². The minimum absolute atomic E-state index is 0.258. The second kappa shape index (κ2) is 5.04. The zero-order valence-corrected chi connectivity index (χ0v) is 11.9. The van der Waals surface area contributed by atoms with Crippen LogP contribution in [0.3, 0.4) is 0 Å². The zero-order chi connectivity index (χ0) is 12.5. The Kier molecular flexibility index (Phi) is 3.85. The summed E-state index contributed by atoms with van der Waals surface area (Å²) in [5.74, 6) is 0. The number of aryl methyl sites for hydroxylation is 1. The maximum absolute atomic E-state index is 6.21. The van der Waals surface area contributed by atoms with Crippen LogP contribution >= 0.6 is 11.3 Å². The molecule has 17 heavy (non-hydrogen) atoms. The van der Waals surface area contributed by atoms with E-state index in [9.17, 15) is 0 Å². The predicted octanol–water partition coefficient (Wildman–Crippen LogP) is 2.50. The van der Waals surface area contributed by atoms with Crippen LogP contribution in [0.4, 0.5) is 0 Å². The van der Waals surface area contributed by atoms with Crippen molar-refractivity contribution in [2.24, 2.45) is 5.73 Å². The molecule has 2 rings (SSSR count). The number of rotatable bonds is 4. The highest BCUT2D eigenvalue weighted by atomic mass is 32.1. The van der Waals surface area contributed by atoms with Gasteiger partial charge in [-0.15, -0.1) is 11.3 Å². The molecule has 2 heterocycles. The first-order valence-corrected chi connectivity index (χ1v) is 7.32. The highest BCUT2D eigenvalue weighted by Gasteiger charge is 2.23. The summed E-state index contributed by atoms with van der Waals surface area (Å²) in [7, 11) is 0. The van der Waals surface area contributed by atoms with E-state index in [0.717, 1.165) is 13.0 Å². The molecule has 1 aromatic heterocycles. The first-order chi connectivity index (χ1) is 8.00. The summed E-state index contributed by atoms with van der Waals surface area (Å²) in [5, 5.41) is 1.23. The first kappa shape index (κ1) is 13.0. The van der Waals surface area contributed by atoms with Gasteiger partial charge in [0.15, 0.2) is 0 Å². The van der Waals surface area contributed by atoms with Gasteiger partial charge in [-0.1, -0.05) is 6.92 Å². The SMILES string of the molecule is CCc1nc(CN2CCCC2)sc1C(C)(C)N. The molecule has 0 radical (unpaired) electrons. The molecule has 4 heteroatoms. The van der Waals surface area contributed by atoms with Gasteiger partial charge in [-0.25, -0.2) is 4.98 Å². The van der Waals surface area contributed by atoms with Gasteiger partial charge in [-0.3, -0.25) is 4.90 Å². The van der Waals surface area contributed by atoms with Crippen LogP contribution in [0, 0.1) is 0 Å². The molecule has 1 aliphatic heterocycles. The third kappa shape index (κ3) is 3.06. The molecule has 0 bridgehead atoms. The topological polar surface area (TPSA) is 42.2 Å². The van der Waals surface area contributed by atoms with Crippen LogP contribution in [0.2, 0.25) is 0 Å². The molecule has 0 aliphatic carbocycles. The van der Waals surface area contributed by atoms with E-state index in [1.807, 2.05) is 0 Å². The minimum Gasteiger partial charge on any atom is -0.321 e. The van der Waals surface area contributed by atoms with Gasteiger partial charge < -0.3 is 5.73 Å². The Hall–Kier alpha value is -0.450. The molecule has 0 amide bonds. The zero-order valence-electron chi connectivity index (χ0n) is 11.1. The van der Waals surface area contributed by atoms with Crippen LogP contribution in [0.5, 0.6) is 0 Å². The highest BCUT2D eigenvalue weighted by Crippen LogP contribution is 2.29. The van der Waals surface area contributed by atoms with Gasteiger partial charge in [0.25, 0.3) is 0 Å². The van der Waals surface area contributed by atoms with E-state index >= 15 is 0 Å². The molecular weight excluding hydrogens is 230 g/mol. The summed E-state index contributed by atoms with van der Waals surface area (Å²) in [4.78, 5) is 8.51. The average Bonchev–Trinajstić information content (AvgIpc) is 2.86. The summed E-state index contributed by atoms with van der Waals surface area (Å²) in [5.41, 5.74) is 7.15. The third-order valence-corrected chi connectivity index (χ3v) is 4.64. The lowest BCUT2D eigenvalue weighted by Crippen LogP contribution is -2.28. The van der Waals surface area contributed by atoms with Crippen molar-refractivity contribution in [1.82, 2.24) is 9.88 Å². The number of hydrogen-bond acceptors (Lipinski definition) is 4. The average molecular weight is 253 g/mol. The maximum atomic E-state index is 6.21. The Bertz CT molecular complexity index is 373. The van der Waals surface area contributed by atoms with Gasteiger partial charge in [0.1, 0.15) is 5.01 Å². The van der Waals surface area contributed by atoms with Crippen molar-refractivity contribution in [3.8, 4) is 0 Å². The molecule has 0 spiro atoms. The van der Waals surface area contributed by atoms with Gasteiger partial charge in [0.2, 0.25) is 0 Å². The molecule has 1 saturated heterocycles. The van der Waals surface area contributed by atoms with Crippen LogP contribution in [0.1, 0.15) is 49.2 Å². The number of hydrogen-bond donors (Lipinski definition) is 1. The lowest BCUT2D eigenvalue weighted by Gasteiger charge is -2.17. The van der Waals surface area contributed by atoms with Crippen molar-refractivity contribution in [1.29, 1.82) is 0 Å². The second-order valence-electron chi connectivity index (χ2n) is 5.44. The van der Waals surface area contributed by atoms with Crippen molar-refractivity contribution in [2.45, 2.75) is 52.1 Å². The number of likely N-dealkylation sites (tertiary alicyclic amines) is 1. The predicted molar refractivity (Wildman–Crippen MR) is 73.2 cm³/mol. The van der Waals surface area contributed by atoms with Crippen LogP contribution in [0.25, 0.3) is 0 Å². The van der Waals surface area contributed by atoms with E-state index in [4.69, 9.17) is 10.7 Å². The number of aromatic nitrogens is 1. The molecule has 0 saturated carbocycles. The van der Waals surface area contributed by atoms with E-state index < -0.39 is 0 Å². The van der Waals surface area contributed by atoms with E-state index in [1.54, 1.807) is 11.3 Å². The van der Waals surface area contributed by atoms with Crippen LogP contribution < -0.4 is 5.73 Å². The van der Waals surface area contributed by atoms with Gasteiger partial charge in [0, 0.05) is 10.4 Å². The Labute approximate surface area is 108 Å². The summed E-state index contributed by atoms with van der Waals surface area (Å²) < 4.78 is 0. The van der Waals surface area contributed by atoms with Crippen LogP contribution in [0.15, 0.2) is 0 Å². The second-order valence-corrected chi connectivity index (χ2v) is 6.53. The maximum Gasteiger partial charge on any atom is 0.107 e. The number of nitrogens with zero attached hydrogens (tertiary/aromatic N) is 2. The molecular formula is C13H23N3S. The van der Waals surface area contributed by atoms with E-state index in [1.165, 1.54) is 41.5 Å².